The van der Waals surface area contributed by atoms with Gasteiger partial charge in [-0.2, -0.15) is 0 Å². The zero-order chi connectivity index (χ0) is 12.5. The van der Waals surface area contributed by atoms with Gasteiger partial charge >= 0.3 is 5.97 Å². The van der Waals surface area contributed by atoms with Crippen LogP contribution in [0.3, 0.4) is 0 Å². The number of aromatic nitrogens is 2. The van der Waals surface area contributed by atoms with Gasteiger partial charge in [-0.05, 0) is 23.6 Å². The van der Waals surface area contributed by atoms with Crippen molar-refractivity contribution in [1.82, 2.24) is 9.97 Å². The summed E-state index contributed by atoms with van der Waals surface area (Å²) in [5.41, 5.74) is 1.59. The maximum Gasteiger partial charge on any atom is 0.354 e. The number of carboxylic acid groups (broad SMARTS) is 1. The number of pyridine rings is 2. The minimum Gasteiger partial charge on any atom is -0.477 e. The van der Waals surface area contributed by atoms with Gasteiger partial charge in [0.15, 0.2) is 0 Å². The van der Waals surface area contributed by atoms with Gasteiger partial charge in [-0.25, -0.2) is 9.78 Å². The minimum atomic E-state index is -1.02. The second-order valence-electron chi connectivity index (χ2n) is 3.74. The Morgan fingerprint density at radius 2 is 2.11 bits per heavy atom. The van der Waals surface area contributed by atoms with Crippen LogP contribution in [0.25, 0.3) is 21.3 Å². The molecule has 0 aliphatic rings. The Balaban J connectivity index is 2.31. The first-order valence-electron chi connectivity index (χ1n) is 5.27. The van der Waals surface area contributed by atoms with Crippen molar-refractivity contribution in [1.29, 1.82) is 0 Å². The lowest BCUT2D eigenvalue weighted by Gasteiger charge is -2.04. The molecule has 0 fully saturated rings. The average Bonchev–Trinajstić information content (AvgIpc) is 2.91. The number of rotatable bonds is 2. The third kappa shape index (κ3) is 1.74. The molecule has 0 amide bonds. The van der Waals surface area contributed by atoms with Crippen molar-refractivity contribution in [2.75, 3.05) is 0 Å². The van der Waals surface area contributed by atoms with Gasteiger partial charge in [-0.1, -0.05) is 6.07 Å². The predicted octanol–water partition coefficient (Wildman–Crippen LogP) is 3.06. The molecule has 0 aliphatic carbocycles. The smallest absolute Gasteiger partial charge is 0.354 e. The molecule has 0 spiro atoms. The van der Waals surface area contributed by atoms with E-state index in [0.29, 0.717) is 5.52 Å². The molecule has 0 saturated heterocycles. The Kier molecular flexibility index (Phi) is 2.53. The highest BCUT2D eigenvalue weighted by Gasteiger charge is 2.10. The summed E-state index contributed by atoms with van der Waals surface area (Å²) in [6.45, 7) is 0. The maximum atomic E-state index is 11.0. The van der Waals surface area contributed by atoms with Gasteiger partial charge in [-0.3, -0.25) is 4.98 Å². The summed E-state index contributed by atoms with van der Waals surface area (Å²) >= 11 is 1.58. The standard InChI is InChI=1S/C13H8N2O2S/c16-13(17)10-4-3-8-6-14-7-9(12(8)15-10)11-2-1-5-18-11/h1-7H,(H,16,17). The van der Waals surface area contributed by atoms with Crippen LogP contribution < -0.4 is 0 Å². The van der Waals surface area contributed by atoms with Gasteiger partial charge < -0.3 is 5.11 Å². The van der Waals surface area contributed by atoms with E-state index in [-0.39, 0.29) is 5.69 Å². The highest BCUT2D eigenvalue weighted by molar-refractivity contribution is 7.13. The van der Waals surface area contributed by atoms with Crippen molar-refractivity contribution in [2.24, 2.45) is 0 Å². The number of thiophene rings is 1. The third-order valence-corrected chi connectivity index (χ3v) is 3.51. The topological polar surface area (TPSA) is 63.1 Å². The summed E-state index contributed by atoms with van der Waals surface area (Å²) in [7, 11) is 0. The molecular formula is C13H8N2O2S. The normalized spacial score (nSPS) is 10.7. The fourth-order valence-corrected chi connectivity index (χ4v) is 2.51. The Hall–Kier alpha value is -2.27. The van der Waals surface area contributed by atoms with Crippen molar-refractivity contribution in [3.63, 3.8) is 0 Å². The van der Waals surface area contributed by atoms with Crippen LogP contribution in [0.5, 0.6) is 0 Å². The summed E-state index contributed by atoms with van der Waals surface area (Å²) in [4.78, 5) is 20.4. The second-order valence-corrected chi connectivity index (χ2v) is 4.69. The predicted molar refractivity (Wildman–Crippen MR) is 69.8 cm³/mol. The van der Waals surface area contributed by atoms with Gasteiger partial charge in [0.25, 0.3) is 0 Å². The first kappa shape index (κ1) is 10.9. The largest absolute Gasteiger partial charge is 0.477 e. The highest BCUT2D eigenvalue weighted by atomic mass is 32.1. The highest BCUT2D eigenvalue weighted by Crippen LogP contribution is 2.29. The van der Waals surface area contributed by atoms with Gasteiger partial charge in [-0.15, -0.1) is 11.3 Å². The zero-order valence-corrected chi connectivity index (χ0v) is 10.0. The molecular weight excluding hydrogens is 248 g/mol. The zero-order valence-electron chi connectivity index (χ0n) is 9.20. The van der Waals surface area contributed by atoms with Gasteiger partial charge in [0.2, 0.25) is 0 Å². The van der Waals surface area contributed by atoms with E-state index in [4.69, 9.17) is 5.11 Å². The molecule has 0 aromatic carbocycles. The molecule has 1 N–H and O–H groups in total. The Labute approximate surface area is 107 Å². The van der Waals surface area contributed by atoms with Crippen LogP contribution in [0, 0.1) is 0 Å². The molecule has 3 rings (SSSR count). The number of carboxylic acids is 1. The molecule has 0 saturated carbocycles. The van der Waals surface area contributed by atoms with E-state index in [1.54, 1.807) is 29.8 Å². The summed E-state index contributed by atoms with van der Waals surface area (Å²) in [6.07, 6.45) is 3.40. The molecule has 18 heavy (non-hydrogen) atoms. The van der Waals surface area contributed by atoms with Crippen LogP contribution >= 0.6 is 11.3 Å². The van der Waals surface area contributed by atoms with E-state index in [1.165, 1.54) is 6.07 Å². The number of aromatic carboxylic acids is 1. The van der Waals surface area contributed by atoms with E-state index >= 15 is 0 Å². The van der Waals surface area contributed by atoms with Crippen LogP contribution in [-0.4, -0.2) is 21.0 Å². The molecule has 5 heteroatoms. The molecule has 4 nitrogen and oxygen atoms in total. The van der Waals surface area contributed by atoms with Gasteiger partial charge in [0.05, 0.1) is 5.52 Å². The Morgan fingerprint density at radius 3 is 2.83 bits per heavy atom. The van der Waals surface area contributed by atoms with Crippen LogP contribution in [0.1, 0.15) is 10.5 Å². The Morgan fingerprint density at radius 1 is 1.22 bits per heavy atom. The van der Waals surface area contributed by atoms with Crippen LogP contribution in [0.2, 0.25) is 0 Å². The summed E-state index contributed by atoms with van der Waals surface area (Å²) in [6, 6.07) is 7.14. The molecule has 3 aromatic heterocycles. The minimum absolute atomic E-state index is 0.0477. The fraction of sp³-hybridized carbons (Fsp3) is 0. The Bertz CT molecular complexity index is 723. The van der Waals surface area contributed by atoms with Gasteiger partial charge in [0.1, 0.15) is 5.69 Å². The van der Waals surface area contributed by atoms with Crippen molar-refractivity contribution in [3.05, 3.63) is 47.7 Å². The van der Waals surface area contributed by atoms with E-state index in [0.717, 1.165) is 15.8 Å². The SMILES string of the molecule is O=C(O)c1ccc2cncc(-c3cccs3)c2n1. The number of hydrogen-bond donors (Lipinski definition) is 1. The lowest BCUT2D eigenvalue weighted by molar-refractivity contribution is 0.0691. The number of hydrogen-bond acceptors (Lipinski definition) is 4. The van der Waals surface area contributed by atoms with Crippen molar-refractivity contribution in [2.45, 2.75) is 0 Å². The molecule has 3 heterocycles. The first-order chi connectivity index (χ1) is 8.75. The van der Waals surface area contributed by atoms with E-state index < -0.39 is 5.97 Å². The first-order valence-corrected chi connectivity index (χ1v) is 6.15. The molecule has 0 bridgehead atoms. The summed E-state index contributed by atoms with van der Waals surface area (Å²) in [5, 5.41) is 11.8. The molecule has 0 unspecified atom stereocenters. The second kappa shape index (κ2) is 4.19. The van der Waals surface area contributed by atoms with Crippen LogP contribution in [-0.2, 0) is 0 Å². The molecule has 88 valence electrons. The molecule has 0 atom stereocenters. The molecule has 3 aromatic rings. The van der Waals surface area contributed by atoms with E-state index in [1.807, 2.05) is 17.5 Å². The molecule has 0 radical (unpaired) electrons. The number of carbonyl (C=O) groups is 1. The lowest BCUT2D eigenvalue weighted by Crippen LogP contribution is -2.00. The number of fused-ring (bicyclic) bond motifs is 1. The fourth-order valence-electron chi connectivity index (χ4n) is 1.77. The van der Waals surface area contributed by atoms with Crippen LogP contribution in [0.4, 0.5) is 0 Å². The van der Waals surface area contributed by atoms with E-state index in [9.17, 15) is 4.79 Å². The summed E-state index contributed by atoms with van der Waals surface area (Å²) < 4.78 is 0. The average molecular weight is 256 g/mol. The lowest BCUT2D eigenvalue weighted by atomic mass is 10.1. The van der Waals surface area contributed by atoms with Crippen molar-refractivity contribution in [3.8, 4) is 10.4 Å². The van der Waals surface area contributed by atoms with Crippen LogP contribution in [0.15, 0.2) is 42.0 Å². The monoisotopic (exact) mass is 256 g/mol. The van der Waals surface area contributed by atoms with E-state index in [2.05, 4.69) is 9.97 Å². The van der Waals surface area contributed by atoms with Crippen molar-refractivity contribution < 1.29 is 9.90 Å². The third-order valence-electron chi connectivity index (χ3n) is 2.60. The maximum absolute atomic E-state index is 11.0. The summed E-state index contributed by atoms with van der Waals surface area (Å²) in [5.74, 6) is -1.02. The quantitative estimate of drug-likeness (QED) is 0.765. The number of nitrogens with zero attached hydrogens (tertiary/aromatic N) is 2. The molecule has 0 aliphatic heterocycles. The van der Waals surface area contributed by atoms with Crippen molar-refractivity contribution >= 4 is 28.2 Å². The van der Waals surface area contributed by atoms with Gasteiger partial charge in [0, 0.05) is 28.2 Å².